The fourth-order valence-corrected chi connectivity index (χ4v) is 2.40. The molecule has 0 saturated carbocycles. The van der Waals surface area contributed by atoms with Gasteiger partial charge in [-0.1, -0.05) is 27.7 Å². The number of hydrogen-bond acceptors (Lipinski definition) is 2. The summed E-state index contributed by atoms with van der Waals surface area (Å²) in [6.45, 7) is 10.9. The summed E-state index contributed by atoms with van der Waals surface area (Å²) < 4.78 is 6.05. The van der Waals surface area contributed by atoms with Gasteiger partial charge in [0.2, 0.25) is 0 Å². The highest BCUT2D eigenvalue weighted by atomic mass is 16.5. The van der Waals surface area contributed by atoms with Crippen molar-refractivity contribution < 1.29 is 4.74 Å². The molecule has 0 N–H and O–H groups in total. The third-order valence-electron chi connectivity index (χ3n) is 3.62. The van der Waals surface area contributed by atoms with Crippen LogP contribution in [0.3, 0.4) is 0 Å². The summed E-state index contributed by atoms with van der Waals surface area (Å²) >= 11 is 0. The van der Waals surface area contributed by atoms with E-state index >= 15 is 0 Å². The van der Waals surface area contributed by atoms with Crippen LogP contribution >= 0.6 is 0 Å². The van der Waals surface area contributed by atoms with Crippen LogP contribution < -0.4 is 0 Å². The van der Waals surface area contributed by atoms with Crippen LogP contribution in [-0.2, 0) is 4.74 Å². The van der Waals surface area contributed by atoms with Crippen LogP contribution in [0.15, 0.2) is 0 Å². The van der Waals surface area contributed by atoms with Gasteiger partial charge in [-0.15, -0.1) is 0 Å². The molecule has 1 atom stereocenters. The van der Waals surface area contributed by atoms with Gasteiger partial charge in [0.1, 0.15) is 0 Å². The normalized spacial score (nSPS) is 29.6. The highest BCUT2D eigenvalue weighted by Crippen LogP contribution is 2.43. The van der Waals surface area contributed by atoms with Crippen molar-refractivity contribution in [3.05, 3.63) is 0 Å². The Morgan fingerprint density at radius 2 is 1.67 bits per heavy atom. The first-order chi connectivity index (χ1) is 7.11. The summed E-state index contributed by atoms with van der Waals surface area (Å²) in [5.74, 6) is 0.699. The predicted molar refractivity (Wildman–Crippen MR) is 65.1 cm³/mol. The zero-order valence-electron chi connectivity index (χ0n) is 11.0. The smallest absolute Gasteiger partial charge is 0.0735 e. The van der Waals surface area contributed by atoms with Crippen molar-refractivity contribution >= 4 is 0 Å². The average Bonchev–Trinajstić information content (AvgIpc) is 2.19. The molecule has 0 amide bonds. The molecule has 2 heteroatoms. The minimum absolute atomic E-state index is 0.293. The lowest BCUT2D eigenvalue weighted by molar-refractivity contribution is -0.237. The van der Waals surface area contributed by atoms with Gasteiger partial charge < -0.3 is 9.64 Å². The summed E-state index contributed by atoms with van der Waals surface area (Å²) in [6, 6.07) is 0. The molecule has 2 aliphatic heterocycles. The molecule has 90 valence electrons. The van der Waals surface area contributed by atoms with Crippen LogP contribution in [0.25, 0.3) is 0 Å². The van der Waals surface area contributed by atoms with Gasteiger partial charge in [0, 0.05) is 19.5 Å². The van der Waals surface area contributed by atoms with Crippen molar-refractivity contribution in [2.24, 2.45) is 5.92 Å². The highest BCUT2D eigenvalue weighted by molar-refractivity contribution is 4.97. The van der Waals surface area contributed by atoms with Crippen molar-refractivity contribution in [1.29, 1.82) is 0 Å². The number of ether oxygens (including phenoxy) is 1. The first-order valence-electron chi connectivity index (χ1n) is 6.48. The molecule has 2 fully saturated rings. The van der Waals surface area contributed by atoms with E-state index in [9.17, 15) is 0 Å². The topological polar surface area (TPSA) is 12.5 Å². The molecule has 0 bridgehead atoms. The van der Waals surface area contributed by atoms with Gasteiger partial charge in [-0.05, 0) is 25.8 Å². The van der Waals surface area contributed by atoms with Crippen LogP contribution in [0.4, 0.5) is 0 Å². The molecule has 2 saturated heterocycles. The van der Waals surface area contributed by atoms with Gasteiger partial charge in [0.25, 0.3) is 0 Å². The molecular formula is C13H27NO. The predicted octanol–water partition coefficient (Wildman–Crippen LogP) is 2.92. The van der Waals surface area contributed by atoms with Crippen LogP contribution in [0.1, 0.15) is 47.0 Å². The van der Waals surface area contributed by atoms with Gasteiger partial charge in [-0.2, -0.15) is 0 Å². The monoisotopic (exact) mass is 213 g/mol. The molecule has 2 aliphatic rings. The van der Waals surface area contributed by atoms with E-state index in [2.05, 4.69) is 25.8 Å². The van der Waals surface area contributed by atoms with E-state index in [0.717, 1.165) is 0 Å². The Kier molecular flexibility index (Phi) is 4.60. The van der Waals surface area contributed by atoms with E-state index < -0.39 is 0 Å². The summed E-state index contributed by atoms with van der Waals surface area (Å²) in [5.41, 5.74) is 0.293. The van der Waals surface area contributed by atoms with Crippen LogP contribution in [0, 0.1) is 5.92 Å². The first-order valence-corrected chi connectivity index (χ1v) is 6.48. The molecule has 1 unspecified atom stereocenters. The van der Waals surface area contributed by atoms with Gasteiger partial charge in [-0.25, -0.2) is 0 Å². The SMILES string of the molecule is CC.CC(C)C1CC2(CCN(C)CC2)O1. The number of nitrogens with zero attached hydrogens (tertiary/aromatic N) is 1. The molecule has 0 aliphatic carbocycles. The summed E-state index contributed by atoms with van der Waals surface area (Å²) in [7, 11) is 2.20. The lowest BCUT2D eigenvalue weighted by atomic mass is 9.78. The molecular weight excluding hydrogens is 186 g/mol. The van der Waals surface area contributed by atoms with Crippen molar-refractivity contribution in [2.75, 3.05) is 20.1 Å². The maximum Gasteiger partial charge on any atom is 0.0735 e. The molecule has 2 heterocycles. The fraction of sp³-hybridized carbons (Fsp3) is 1.00. The number of piperidine rings is 1. The number of hydrogen-bond donors (Lipinski definition) is 0. The molecule has 0 radical (unpaired) electrons. The molecule has 2 nitrogen and oxygen atoms in total. The molecule has 1 spiro atoms. The fourth-order valence-electron chi connectivity index (χ4n) is 2.40. The van der Waals surface area contributed by atoms with E-state index in [1.807, 2.05) is 13.8 Å². The minimum atomic E-state index is 0.293. The van der Waals surface area contributed by atoms with Gasteiger partial charge in [-0.3, -0.25) is 0 Å². The maximum absolute atomic E-state index is 6.05. The van der Waals surface area contributed by atoms with Gasteiger partial charge in [0.05, 0.1) is 11.7 Å². The minimum Gasteiger partial charge on any atom is -0.371 e. The Morgan fingerprint density at radius 1 is 1.20 bits per heavy atom. The van der Waals surface area contributed by atoms with Crippen molar-refractivity contribution in [1.82, 2.24) is 4.90 Å². The van der Waals surface area contributed by atoms with Crippen LogP contribution in [-0.4, -0.2) is 36.7 Å². The van der Waals surface area contributed by atoms with Gasteiger partial charge in [0.15, 0.2) is 0 Å². The van der Waals surface area contributed by atoms with Crippen molar-refractivity contribution in [3.8, 4) is 0 Å². The Balaban J connectivity index is 0.000000531. The number of likely N-dealkylation sites (tertiary alicyclic amines) is 1. The molecule has 0 aromatic rings. The Morgan fingerprint density at radius 3 is 2.07 bits per heavy atom. The molecule has 15 heavy (non-hydrogen) atoms. The van der Waals surface area contributed by atoms with Crippen molar-refractivity contribution in [2.45, 2.75) is 58.7 Å². The molecule has 0 aromatic heterocycles. The zero-order chi connectivity index (χ0) is 11.5. The van der Waals surface area contributed by atoms with E-state index in [0.29, 0.717) is 17.6 Å². The molecule has 2 rings (SSSR count). The summed E-state index contributed by atoms with van der Waals surface area (Å²) in [5, 5.41) is 0. The van der Waals surface area contributed by atoms with E-state index in [4.69, 9.17) is 4.74 Å². The first kappa shape index (κ1) is 13.0. The Bertz CT molecular complexity index is 175. The van der Waals surface area contributed by atoms with Gasteiger partial charge >= 0.3 is 0 Å². The lowest BCUT2D eigenvalue weighted by Gasteiger charge is -2.53. The average molecular weight is 213 g/mol. The summed E-state index contributed by atoms with van der Waals surface area (Å²) in [6.07, 6.45) is 4.33. The van der Waals surface area contributed by atoms with E-state index in [-0.39, 0.29) is 0 Å². The van der Waals surface area contributed by atoms with Crippen LogP contribution in [0.2, 0.25) is 0 Å². The van der Waals surface area contributed by atoms with E-state index in [1.54, 1.807) is 0 Å². The second-order valence-electron chi connectivity index (χ2n) is 5.09. The lowest BCUT2D eigenvalue weighted by Crippen LogP contribution is -2.57. The quantitative estimate of drug-likeness (QED) is 0.664. The third kappa shape index (κ3) is 2.94. The number of rotatable bonds is 1. The highest BCUT2D eigenvalue weighted by Gasteiger charge is 2.47. The Labute approximate surface area is 95.0 Å². The Hall–Kier alpha value is -0.0800. The van der Waals surface area contributed by atoms with E-state index in [1.165, 1.54) is 32.4 Å². The second kappa shape index (κ2) is 5.31. The largest absolute Gasteiger partial charge is 0.371 e. The third-order valence-corrected chi connectivity index (χ3v) is 3.62. The van der Waals surface area contributed by atoms with Crippen molar-refractivity contribution in [3.63, 3.8) is 0 Å². The summed E-state index contributed by atoms with van der Waals surface area (Å²) in [4.78, 5) is 2.40. The maximum atomic E-state index is 6.05. The second-order valence-corrected chi connectivity index (χ2v) is 5.09. The molecule has 0 aromatic carbocycles. The standard InChI is InChI=1S/C11H21NO.C2H6/c1-9(2)10-8-11(13-10)4-6-12(3)7-5-11;1-2/h9-10H,4-8H2,1-3H3;1-2H3. The zero-order valence-corrected chi connectivity index (χ0v) is 11.0. The van der Waals surface area contributed by atoms with Crippen LogP contribution in [0.5, 0.6) is 0 Å².